The summed E-state index contributed by atoms with van der Waals surface area (Å²) < 4.78 is 2.04. The summed E-state index contributed by atoms with van der Waals surface area (Å²) in [6.45, 7) is 11.0. The summed E-state index contributed by atoms with van der Waals surface area (Å²) in [6.07, 6.45) is 0. The highest BCUT2D eigenvalue weighted by Crippen LogP contribution is 2.21. The number of aromatic nitrogens is 3. The molecule has 2 unspecified atom stereocenters. The van der Waals surface area contributed by atoms with Gasteiger partial charge in [0.05, 0.1) is 11.6 Å². The van der Waals surface area contributed by atoms with Gasteiger partial charge in [-0.3, -0.25) is 0 Å². The van der Waals surface area contributed by atoms with Gasteiger partial charge in [-0.05, 0) is 44.0 Å². The molecular formula is C15H24N4. The summed E-state index contributed by atoms with van der Waals surface area (Å²) >= 11 is 0. The SMILES string of the molecule is CC(C)CNCC(C)C(C)n1nnc2ccccc21. The minimum absolute atomic E-state index is 0.340. The maximum absolute atomic E-state index is 4.30. The molecule has 2 aromatic rings. The van der Waals surface area contributed by atoms with E-state index in [0.717, 1.165) is 24.1 Å². The zero-order valence-corrected chi connectivity index (χ0v) is 12.3. The van der Waals surface area contributed by atoms with Gasteiger partial charge in [0.15, 0.2) is 0 Å². The smallest absolute Gasteiger partial charge is 0.113 e. The van der Waals surface area contributed by atoms with Crippen molar-refractivity contribution in [2.75, 3.05) is 13.1 Å². The monoisotopic (exact) mass is 260 g/mol. The highest BCUT2D eigenvalue weighted by molar-refractivity contribution is 5.73. The fourth-order valence-corrected chi connectivity index (χ4v) is 2.20. The molecule has 1 aromatic heterocycles. The topological polar surface area (TPSA) is 42.7 Å². The number of hydrogen-bond acceptors (Lipinski definition) is 3. The molecule has 19 heavy (non-hydrogen) atoms. The van der Waals surface area contributed by atoms with Crippen LogP contribution in [0.1, 0.15) is 33.7 Å². The minimum Gasteiger partial charge on any atom is -0.316 e. The van der Waals surface area contributed by atoms with Crippen LogP contribution in [-0.2, 0) is 0 Å². The Morgan fingerprint density at radius 3 is 2.58 bits per heavy atom. The first kappa shape index (κ1) is 14.0. The summed E-state index contributed by atoms with van der Waals surface area (Å²) in [7, 11) is 0. The molecule has 0 aliphatic rings. The van der Waals surface area contributed by atoms with Crippen LogP contribution in [0.5, 0.6) is 0 Å². The van der Waals surface area contributed by atoms with Crippen molar-refractivity contribution >= 4 is 11.0 Å². The van der Waals surface area contributed by atoms with Crippen LogP contribution in [0.2, 0.25) is 0 Å². The van der Waals surface area contributed by atoms with Crippen LogP contribution in [0.15, 0.2) is 24.3 Å². The predicted octanol–water partition coefficient (Wildman–Crippen LogP) is 2.87. The van der Waals surface area contributed by atoms with Gasteiger partial charge >= 0.3 is 0 Å². The highest BCUT2D eigenvalue weighted by Gasteiger charge is 2.17. The number of hydrogen-bond donors (Lipinski definition) is 1. The molecule has 2 atom stereocenters. The first-order valence-corrected chi connectivity index (χ1v) is 7.10. The van der Waals surface area contributed by atoms with Crippen LogP contribution < -0.4 is 5.32 Å². The van der Waals surface area contributed by atoms with Crippen LogP contribution in [0, 0.1) is 11.8 Å². The fraction of sp³-hybridized carbons (Fsp3) is 0.600. The normalized spacial score (nSPS) is 15.0. The van der Waals surface area contributed by atoms with Crippen molar-refractivity contribution in [1.82, 2.24) is 20.3 Å². The zero-order valence-electron chi connectivity index (χ0n) is 12.3. The molecule has 0 aliphatic carbocycles. The Labute approximate surface area is 115 Å². The molecule has 0 radical (unpaired) electrons. The van der Waals surface area contributed by atoms with Crippen LogP contribution in [0.3, 0.4) is 0 Å². The third kappa shape index (κ3) is 3.32. The van der Waals surface area contributed by atoms with E-state index in [1.54, 1.807) is 0 Å². The predicted molar refractivity (Wildman–Crippen MR) is 79.1 cm³/mol. The van der Waals surface area contributed by atoms with Gasteiger partial charge in [-0.1, -0.05) is 38.1 Å². The van der Waals surface area contributed by atoms with Crippen LogP contribution >= 0.6 is 0 Å². The van der Waals surface area contributed by atoms with Crippen molar-refractivity contribution in [1.29, 1.82) is 0 Å². The summed E-state index contributed by atoms with van der Waals surface area (Å²) in [5.74, 6) is 1.21. The first-order valence-electron chi connectivity index (χ1n) is 7.10. The van der Waals surface area contributed by atoms with E-state index in [0.29, 0.717) is 17.9 Å². The van der Waals surface area contributed by atoms with Crippen LogP contribution in [-0.4, -0.2) is 28.1 Å². The Kier molecular flexibility index (Phi) is 4.53. The van der Waals surface area contributed by atoms with Crippen molar-refractivity contribution in [2.24, 2.45) is 11.8 Å². The summed E-state index contributed by atoms with van der Waals surface area (Å²) in [5.41, 5.74) is 2.09. The van der Waals surface area contributed by atoms with Crippen molar-refractivity contribution in [3.8, 4) is 0 Å². The van der Waals surface area contributed by atoms with E-state index < -0.39 is 0 Å². The van der Waals surface area contributed by atoms with Crippen LogP contribution in [0.25, 0.3) is 11.0 Å². The maximum Gasteiger partial charge on any atom is 0.113 e. The van der Waals surface area contributed by atoms with Gasteiger partial charge in [0.2, 0.25) is 0 Å². The molecule has 1 N–H and O–H groups in total. The number of nitrogens with zero attached hydrogens (tertiary/aromatic N) is 3. The van der Waals surface area contributed by atoms with Gasteiger partial charge in [-0.2, -0.15) is 0 Å². The number of benzene rings is 1. The molecule has 0 spiro atoms. The number of para-hydroxylation sites is 1. The lowest BCUT2D eigenvalue weighted by Crippen LogP contribution is -2.29. The lowest BCUT2D eigenvalue weighted by Gasteiger charge is -2.21. The molecule has 0 saturated carbocycles. The number of nitrogens with one attached hydrogen (secondary N) is 1. The van der Waals surface area contributed by atoms with E-state index in [-0.39, 0.29) is 0 Å². The third-order valence-electron chi connectivity index (χ3n) is 3.61. The molecule has 1 aromatic carbocycles. The Morgan fingerprint density at radius 1 is 1.11 bits per heavy atom. The Bertz CT molecular complexity index is 518. The molecule has 1 heterocycles. The molecular weight excluding hydrogens is 236 g/mol. The number of rotatable bonds is 6. The summed E-state index contributed by atoms with van der Waals surface area (Å²) in [4.78, 5) is 0. The van der Waals surface area contributed by atoms with Gasteiger partial charge in [-0.15, -0.1) is 5.10 Å². The average Bonchev–Trinajstić information content (AvgIpc) is 2.81. The maximum atomic E-state index is 4.30. The Balaban J connectivity index is 2.04. The highest BCUT2D eigenvalue weighted by atomic mass is 15.4. The Hall–Kier alpha value is -1.42. The van der Waals surface area contributed by atoms with Gasteiger partial charge < -0.3 is 5.32 Å². The molecule has 0 fully saturated rings. The lowest BCUT2D eigenvalue weighted by molar-refractivity contribution is 0.334. The van der Waals surface area contributed by atoms with Gasteiger partial charge in [-0.25, -0.2) is 4.68 Å². The average molecular weight is 260 g/mol. The molecule has 2 rings (SSSR count). The second kappa shape index (κ2) is 6.15. The fourth-order valence-electron chi connectivity index (χ4n) is 2.20. The minimum atomic E-state index is 0.340. The van der Waals surface area contributed by atoms with E-state index in [1.807, 2.05) is 22.9 Å². The molecule has 0 saturated heterocycles. The quantitative estimate of drug-likeness (QED) is 0.868. The van der Waals surface area contributed by atoms with Crippen molar-refractivity contribution in [3.63, 3.8) is 0 Å². The zero-order chi connectivity index (χ0) is 13.8. The van der Waals surface area contributed by atoms with E-state index in [2.05, 4.69) is 49.4 Å². The van der Waals surface area contributed by atoms with Crippen molar-refractivity contribution in [3.05, 3.63) is 24.3 Å². The van der Waals surface area contributed by atoms with E-state index in [4.69, 9.17) is 0 Å². The second-order valence-corrected chi connectivity index (χ2v) is 5.79. The van der Waals surface area contributed by atoms with Gasteiger partial charge in [0.1, 0.15) is 5.52 Å². The molecule has 0 aliphatic heterocycles. The van der Waals surface area contributed by atoms with Gasteiger partial charge in [0, 0.05) is 0 Å². The van der Waals surface area contributed by atoms with E-state index in [1.165, 1.54) is 0 Å². The Morgan fingerprint density at radius 2 is 1.84 bits per heavy atom. The lowest BCUT2D eigenvalue weighted by atomic mass is 10.0. The van der Waals surface area contributed by atoms with E-state index >= 15 is 0 Å². The standard InChI is InChI=1S/C15H24N4/c1-11(2)9-16-10-12(3)13(4)19-15-8-6-5-7-14(15)17-18-19/h5-8,11-13,16H,9-10H2,1-4H3. The van der Waals surface area contributed by atoms with E-state index in [9.17, 15) is 0 Å². The van der Waals surface area contributed by atoms with Crippen LogP contribution in [0.4, 0.5) is 0 Å². The van der Waals surface area contributed by atoms with Crippen molar-refractivity contribution in [2.45, 2.75) is 33.7 Å². The second-order valence-electron chi connectivity index (χ2n) is 5.79. The third-order valence-corrected chi connectivity index (χ3v) is 3.61. The molecule has 0 bridgehead atoms. The summed E-state index contributed by atoms with van der Waals surface area (Å²) in [6, 6.07) is 8.47. The molecule has 104 valence electrons. The molecule has 0 amide bonds. The largest absolute Gasteiger partial charge is 0.316 e. The number of fused-ring (bicyclic) bond motifs is 1. The summed E-state index contributed by atoms with van der Waals surface area (Å²) in [5, 5.41) is 12.0. The van der Waals surface area contributed by atoms with Crippen molar-refractivity contribution < 1.29 is 0 Å². The molecule has 4 nitrogen and oxygen atoms in total. The molecule has 4 heteroatoms. The van der Waals surface area contributed by atoms with Gasteiger partial charge in [0.25, 0.3) is 0 Å². The first-order chi connectivity index (χ1) is 9.09.